The second-order valence-electron chi connectivity index (χ2n) is 7.57. The molecule has 7 heteroatoms. The van der Waals surface area contributed by atoms with Crippen molar-refractivity contribution in [2.75, 3.05) is 41.6 Å². The lowest BCUT2D eigenvalue weighted by atomic mass is 10.0. The second kappa shape index (κ2) is 10.7. The number of rotatable bonds is 10. The van der Waals surface area contributed by atoms with Gasteiger partial charge in [-0.15, -0.1) is 0 Å². The Morgan fingerprint density at radius 3 is 2.21 bits per heavy atom. The highest BCUT2D eigenvalue weighted by Crippen LogP contribution is 2.22. The number of benzene rings is 1. The number of hydrogen-bond donors (Lipinski definition) is 1. The van der Waals surface area contributed by atoms with Crippen LogP contribution in [0.15, 0.2) is 24.3 Å². The predicted octanol–water partition coefficient (Wildman–Crippen LogP) is 3.70. The Morgan fingerprint density at radius 2 is 1.68 bits per heavy atom. The number of carbonyl (C=O) groups excluding carboxylic acids is 1. The summed E-state index contributed by atoms with van der Waals surface area (Å²) in [6, 6.07) is 7.42. The Hall–Kier alpha value is -1.76. The van der Waals surface area contributed by atoms with Gasteiger partial charge in [-0.1, -0.05) is 26.7 Å². The Labute approximate surface area is 170 Å². The highest BCUT2D eigenvalue weighted by atomic mass is 32.2. The monoisotopic (exact) mass is 409 g/mol. The molecule has 0 unspecified atom stereocenters. The van der Waals surface area contributed by atoms with Crippen molar-refractivity contribution in [1.29, 1.82) is 0 Å². The van der Waals surface area contributed by atoms with Gasteiger partial charge in [0.05, 0.1) is 0 Å². The van der Waals surface area contributed by atoms with E-state index in [0.29, 0.717) is 24.7 Å². The SMILES string of the molecule is CCC(CC)CN(CC)C(=O)CS(=O)(=O)Nc1ccc(N2CCCCC2)cc1. The van der Waals surface area contributed by atoms with E-state index in [2.05, 4.69) is 23.5 Å². The number of sulfonamides is 1. The number of hydrogen-bond acceptors (Lipinski definition) is 4. The maximum Gasteiger partial charge on any atom is 0.241 e. The molecular formula is C21H35N3O3S. The third-order valence-corrected chi connectivity index (χ3v) is 6.72. The lowest BCUT2D eigenvalue weighted by molar-refractivity contribution is -0.128. The molecular weight excluding hydrogens is 374 g/mol. The van der Waals surface area contributed by atoms with E-state index in [1.807, 2.05) is 19.1 Å². The van der Waals surface area contributed by atoms with Crippen LogP contribution in [0.1, 0.15) is 52.9 Å². The number of nitrogens with one attached hydrogen (secondary N) is 1. The van der Waals surface area contributed by atoms with Gasteiger partial charge in [-0.3, -0.25) is 9.52 Å². The van der Waals surface area contributed by atoms with Crippen LogP contribution in [-0.2, 0) is 14.8 Å². The number of carbonyl (C=O) groups is 1. The zero-order valence-electron chi connectivity index (χ0n) is 17.5. The molecule has 6 nitrogen and oxygen atoms in total. The maximum atomic E-state index is 12.5. The smallest absolute Gasteiger partial charge is 0.241 e. The third kappa shape index (κ3) is 6.69. The summed E-state index contributed by atoms with van der Waals surface area (Å²) in [7, 11) is -3.73. The maximum absolute atomic E-state index is 12.5. The first-order valence-corrected chi connectivity index (χ1v) is 12.2. The molecule has 0 aromatic heterocycles. The highest BCUT2D eigenvalue weighted by molar-refractivity contribution is 7.93. The minimum absolute atomic E-state index is 0.341. The standard InChI is InChI=1S/C21H35N3O3S/c1-4-18(5-2)16-23(6-3)21(25)17-28(26,27)22-19-10-12-20(13-11-19)24-14-8-7-9-15-24/h10-13,18,22H,4-9,14-17H2,1-3H3. The summed E-state index contributed by atoms with van der Waals surface area (Å²) in [5.74, 6) is -0.455. The van der Waals surface area contributed by atoms with Gasteiger partial charge < -0.3 is 9.80 Å². The van der Waals surface area contributed by atoms with Crippen LogP contribution >= 0.6 is 0 Å². The van der Waals surface area contributed by atoms with Gasteiger partial charge in [0.25, 0.3) is 0 Å². The second-order valence-corrected chi connectivity index (χ2v) is 9.29. The quantitative estimate of drug-likeness (QED) is 0.640. The first-order valence-electron chi connectivity index (χ1n) is 10.5. The van der Waals surface area contributed by atoms with E-state index >= 15 is 0 Å². The molecule has 0 radical (unpaired) electrons. The van der Waals surface area contributed by atoms with Gasteiger partial charge in [-0.05, 0) is 56.4 Å². The zero-order chi connectivity index (χ0) is 20.6. The fourth-order valence-electron chi connectivity index (χ4n) is 3.63. The molecule has 158 valence electrons. The number of nitrogens with zero attached hydrogens (tertiary/aromatic N) is 2. The van der Waals surface area contributed by atoms with Crippen molar-refractivity contribution in [2.45, 2.75) is 52.9 Å². The Kier molecular flexibility index (Phi) is 8.60. The predicted molar refractivity (Wildman–Crippen MR) is 116 cm³/mol. The lowest BCUT2D eigenvalue weighted by Gasteiger charge is -2.29. The van der Waals surface area contributed by atoms with Crippen molar-refractivity contribution >= 4 is 27.3 Å². The van der Waals surface area contributed by atoms with E-state index in [-0.39, 0.29) is 5.91 Å². The van der Waals surface area contributed by atoms with Crippen LogP contribution in [0.4, 0.5) is 11.4 Å². The Bertz CT molecular complexity index is 709. The molecule has 1 aliphatic heterocycles. The van der Waals surface area contributed by atoms with Crippen LogP contribution < -0.4 is 9.62 Å². The van der Waals surface area contributed by atoms with Crippen molar-refractivity contribution < 1.29 is 13.2 Å². The first kappa shape index (κ1) is 22.5. The molecule has 2 rings (SSSR count). The molecule has 1 heterocycles. The van der Waals surface area contributed by atoms with E-state index in [9.17, 15) is 13.2 Å². The van der Waals surface area contributed by atoms with E-state index < -0.39 is 15.8 Å². The van der Waals surface area contributed by atoms with Gasteiger partial charge in [-0.2, -0.15) is 0 Å². The van der Waals surface area contributed by atoms with Gasteiger partial charge in [0.1, 0.15) is 5.75 Å². The molecule has 1 aromatic carbocycles. The van der Waals surface area contributed by atoms with Gasteiger partial charge in [0.15, 0.2) is 0 Å². The molecule has 0 bridgehead atoms. The molecule has 1 amide bonds. The fourth-order valence-corrected chi connectivity index (χ4v) is 4.70. The molecule has 28 heavy (non-hydrogen) atoms. The topological polar surface area (TPSA) is 69.7 Å². The van der Waals surface area contributed by atoms with Crippen LogP contribution in [0.3, 0.4) is 0 Å². The van der Waals surface area contributed by atoms with Gasteiger partial charge >= 0.3 is 0 Å². The summed E-state index contributed by atoms with van der Waals surface area (Å²) in [6.07, 6.45) is 5.63. The zero-order valence-corrected chi connectivity index (χ0v) is 18.3. The molecule has 1 aliphatic rings. The first-order chi connectivity index (χ1) is 13.4. The van der Waals surface area contributed by atoms with Crippen LogP contribution in [-0.4, -0.2) is 51.2 Å². The minimum Gasteiger partial charge on any atom is -0.372 e. The average Bonchev–Trinajstić information content (AvgIpc) is 2.69. The van der Waals surface area contributed by atoms with Crippen molar-refractivity contribution in [1.82, 2.24) is 4.90 Å². The molecule has 1 fully saturated rings. The Morgan fingerprint density at radius 1 is 1.07 bits per heavy atom. The van der Waals surface area contributed by atoms with Crippen molar-refractivity contribution in [2.24, 2.45) is 5.92 Å². The van der Waals surface area contributed by atoms with Crippen molar-refractivity contribution in [3.05, 3.63) is 24.3 Å². The third-order valence-electron chi connectivity index (χ3n) is 5.54. The summed E-state index contributed by atoms with van der Waals surface area (Å²) in [5, 5.41) is 0. The summed E-state index contributed by atoms with van der Waals surface area (Å²) in [4.78, 5) is 16.5. The van der Waals surface area contributed by atoms with E-state index in [1.165, 1.54) is 19.3 Å². The van der Waals surface area contributed by atoms with Crippen LogP contribution in [0.5, 0.6) is 0 Å². The number of piperidine rings is 1. The molecule has 1 aromatic rings. The Balaban J connectivity index is 1.95. The summed E-state index contributed by atoms with van der Waals surface area (Å²) < 4.78 is 27.5. The number of amides is 1. The van der Waals surface area contributed by atoms with E-state index in [4.69, 9.17) is 0 Å². The van der Waals surface area contributed by atoms with E-state index in [0.717, 1.165) is 31.6 Å². The molecule has 0 saturated carbocycles. The van der Waals surface area contributed by atoms with Crippen molar-refractivity contribution in [3.8, 4) is 0 Å². The van der Waals surface area contributed by atoms with E-state index in [1.54, 1.807) is 17.0 Å². The molecule has 0 aliphatic carbocycles. The largest absolute Gasteiger partial charge is 0.372 e. The molecule has 0 spiro atoms. The van der Waals surface area contributed by atoms with Crippen LogP contribution in [0, 0.1) is 5.92 Å². The highest BCUT2D eigenvalue weighted by Gasteiger charge is 2.22. The summed E-state index contributed by atoms with van der Waals surface area (Å²) in [5.41, 5.74) is 1.61. The normalized spacial score (nSPS) is 14.9. The lowest BCUT2D eigenvalue weighted by Crippen LogP contribution is -2.40. The molecule has 0 atom stereocenters. The minimum atomic E-state index is -3.73. The average molecular weight is 410 g/mol. The van der Waals surface area contributed by atoms with Gasteiger partial charge in [0.2, 0.25) is 15.9 Å². The van der Waals surface area contributed by atoms with Crippen molar-refractivity contribution in [3.63, 3.8) is 0 Å². The summed E-state index contributed by atoms with van der Waals surface area (Å²) >= 11 is 0. The summed E-state index contributed by atoms with van der Waals surface area (Å²) in [6.45, 7) is 9.31. The fraction of sp³-hybridized carbons (Fsp3) is 0.667. The molecule has 1 N–H and O–H groups in total. The number of anilines is 2. The van der Waals surface area contributed by atoms with Crippen LogP contribution in [0.2, 0.25) is 0 Å². The van der Waals surface area contributed by atoms with Gasteiger partial charge in [0, 0.05) is 37.6 Å². The van der Waals surface area contributed by atoms with Gasteiger partial charge in [-0.25, -0.2) is 8.42 Å². The van der Waals surface area contributed by atoms with Crippen LogP contribution in [0.25, 0.3) is 0 Å². The molecule has 1 saturated heterocycles.